The number of carbonyl (C=O) groups is 1. The fourth-order valence-corrected chi connectivity index (χ4v) is 1.81. The number of amides is 1. The van der Waals surface area contributed by atoms with E-state index in [1.807, 2.05) is 24.3 Å². The molecule has 0 unspecified atom stereocenters. The second-order valence-electron chi connectivity index (χ2n) is 4.70. The molecule has 1 aromatic carbocycles. The second-order valence-corrected chi connectivity index (χ2v) is 4.70. The predicted octanol–water partition coefficient (Wildman–Crippen LogP) is 2.35. The van der Waals surface area contributed by atoms with Crippen molar-refractivity contribution in [3.63, 3.8) is 0 Å². The third-order valence-corrected chi connectivity index (χ3v) is 2.94. The molecule has 0 N–H and O–H groups in total. The van der Waals surface area contributed by atoms with Gasteiger partial charge in [-0.2, -0.15) is 0 Å². The van der Waals surface area contributed by atoms with Crippen molar-refractivity contribution in [3.8, 4) is 5.75 Å². The Morgan fingerprint density at radius 3 is 2.67 bits per heavy atom. The van der Waals surface area contributed by atoms with E-state index < -0.39 is 0 Å². The molecule has 4 nitrogen and oxygen atoms in total. The lowest BCUT2D eigenvalue weighted by Gasteiger charge is -2.14. The van der Waals surface area contributed by atoms with Crippen LogP contribution in [0.3, 0.4) is 0 Å². The topological polar surface area (TPSA) is 38.8 Å². The van der Waals surface area contributed by atoms with E-state index in [0.717, 1.165) is 6.42 Å². The van der Waals surface area contributed by atoms with Gasteiger partial charge < -0.3 is 4.74 Å². The highest BCUT2D eigenvalue weighted by Crippen LogP contribution is 2.18. The van der Waals surface area contributed by atoms with Crippen LogP contribution in [0.5, 0.6) is 5.75 Å². The number of carbonyl (C=O) groups excluding carboxylic acids is 1. The summed E-state index contributed by atoms with van der Waals surface area (Å²) >= 11 is 0. The number of hydroxylamine groups is 2. The summed E-state index contributed by atoms with van der Waals surface area (Å²) in [5.74, 6) is 1.09. The Hall–Kier alpha value is -1.55. The van der Waals surface area contributed by atoms with Crippen LogP contribution >= 0.6 is 0 Å². The van der Waals surface area contributed by atoms with Gasteiger partial charge in [-0.1, -0.05) is 26.0 Å². The average molecular weight is 249 g/mol. The number of hydrogen-bond acceptors (Lipinski definition) is 3. The second kappa shape index (κ2) is 5.87. The maximum atomic E-state index is 11.7. The van der Waals surface area contributed by atoms with Gasteiger partial charge in [-0.25, -0.2) is 5.06 Å². The van der Waals surface area contributed by atoms with Crippen LogP contribution in [0.2, 0.25) is 0 Å². The molecule has 1 aromatic rings. The molecule has 0 aromatic heterocycles. The summed E-state index contributed by atoms with van der Waals surface area (Å²) < 4.78 is 5.44. The maximum Gasteiger partial charge on any atom is 0.283 e. The lowest BCUT2D eigenvalue weighted by Crippen LogP contribution is -2.31. The van der Waals surface area contributed by atoms with E-state index >= 15 is 0 Å². The predicted molar refractivity (Wildman–Crippen MR) is 68.3 cm³/mol. The smallest absolute Gasteiger partial charge is 0.283 e. The molecule has 98 valence electrons. The zero-order valence-electron chi connectivity index (χ0n) is 10.9. The number of hydrogen-bond donors (Lipinski definition) is 0. The molecular formula is C14H19NO3. The molecule has 0 radical (unpaired) electrons. The molecule has 1 aliphatic rings. The molecule has 1 saturated heterocycles. The van der Waals surface area contributed by atoms with Gasteiger partial charge in [0.2, 0.25) is 0 Å². The van der Waals surface area contributed by atoms with Crippen LogP contribution < -0.4 is 4.74 Å². The van der Waals surface area contributed by atoms with Crippen molar-refractivity contribution >= 4 is 5.91 Å². The molecule has 1 amide bonds. The molecule has 0 saturated carbocycles. The van der Waals surface area contributed by atoms with Crippen molar-refractivity contribution < 1.29 is 14.4 Å². The normalized spacial score (nSPS) is 15.2. The van der Waals surface area contributed by atoms with Gasteiger partial charge in [-0.3, -0.25) is 9.63 Å². The summed E-state index contributed by atoms with van der Waals surface area (Å²) in [5, 5.41) is 1.38. The summed E-state index contributed by atoms with van der Waals surface area (Å²) in [4.78, 5) is 16.8. The zero-order valence-corrected chi connectivity index (χ0v) is 10.9. The minimum absolute atomic E-state index is 0.0288. The number of rotatable bonds is 4. The first kappa shape index (κ1) is 12.9. The van der Waals surface area contributed by atoms with Crippen molar-refractivity contribution in [1.29, 1.82) is 0 Å². The van der Waals surface area contributed by atoms with Gasteiger partial charge in [-0.15, -0.1) is 0 Å². The monoisotopic (exact) mass is 249 g/mol. The fraction of sp³-hybridized carbons (Fsp3) is 0.500. The highest BCUT2D eigenvalue weighted by molar-refractivity contribution is 5.76. The standard InChI is InChI=1S/C14H19NO3/c1-11(2)12-4-6-13(7-5-12)17-10-14(16)15-8-3-9-18-15/h4-7,11H,3,8-10H2,1-2H3. The zero-order chi connectivity index (χ0) is 13.0. The SMILES string of the molecule is CC(C)c1ccc(OCC(=O)N2CCCO2)cc1. The van der Waals surface area contributed by atoms with E-state index in [4.69, 9.17) is 9.57 Å². The van der Waals surface area contributed by atoms with Gasteiger partial charge in [0.25, 0.3) is 5.91 Å². The van der Waals surface area contributed by atoms with E-state index in [1.54, 1.807) is 0 Å². The molecular weight excluding hydrogens is 230 g/mol. The highest BCUT2D eigenvalue weighted by Gasteiger charge is 2.19. The first-order valence-corrected chi connectivity index (χ1v) is 6.33. The van der Waals surface area contributed by atoms with Crippen LogP contribution in [0.1, 0.15) is 31.7 Å². The van der Waals surface area contributed by atoms with Crippen molar-refractivity contribution in [1.82, 2.24) is 5.06 Å². The Morgan fingerprint density at radius 1 is 1.39 bits per heavy atom. The first-order chi connectivity index (χ1) is 8.66. The highest BCUT2D eigenvalue weighted by atomic mass is 16.7. The van der Waals surface area contributed by atoms with Crippen molar-refractivity contribution in [2.75, 3.05) is 19.8 Å². The van der Waals surface area contributed by atoms with Gasteiger partial charge >= 0.3 is 0 Å². The van der Waals surface area contributed by atoms with E-state index in [1.165, 1.54) is 10.6 Å². The van der Waals surface area contributed by atoms with Gasteiger partial charge in [0.1, 0.15) is 5.75 Å². The molecule has 4 heteroatoms. The van der Waals surface area contributed by atoms with E-state index in [-0.39, 0.29) is 12.5 Å². The molecule has 0 atom stereocenters. The minimum Gasteiger partial charge on any atom is -0.484 e. The summed E-state index contributed by atoms with van der Waals surface area (Å²) in [6, 6.07) is 7.84. The van der Waals surface area contributed by atoms with Crippen molar-refractivity contribution in [3.05, 3.63) is 29.8 Å². The molecule has 1 fully saturated rings. The Bertz CT molecular complexity index is 394. The quantitative estimate of drug-likeness (QED) is 0.822. The third kappa shape index (κ3) is 3.23. The van der Waals surface area contributed by atoms with Gasteiger partial charge in [-0.05, 0) is 30.0 Å². The summed E-state index contributed by atoms with van der Waals surface area (Å²) in [5.41, 5.74) is 1.26. The van der Waals surface area contributed by atoms with Crippen LogP contribution in [-0.4, -0.2) is 30.7 Å². The Labute approximate surface area is 107 Å². The van der Waals surface area contributed by atoms with Crippen LogP contribution in [0.15, 0.2) is 24.3 Å². The fourth-order valence-electron chi connectivity index (χ4n) is 1.81. The third-order valence-electron chi connectivity index (χ3n) is 2.94. The Kier molecular flexibility index (Phi) is 4.20. The number of ether oxygens (including phenoxy) is 1. The molecule has 0 aliphatic carbocycles. The molecule has 0 bridgehead atoms. The maximum absolute atomic E-state index is 11.7. The van der Waals surface area contributed by atoms with E-state index in [2.05, 4.69) is 13.8 Å². The largest absolute Gasteiger partial charge is 0.484 e. The van der Waals surface area contributed by atoms with Gasteiger partial charge in [0.05, 0.1) is 13.2 Å². The van der Waals surface area contributed by atoms with Crippen molar-refractivity contribution in [2.24, 2.45) is 0 Å². The van der Waals surface area contributed by atoms with Crippen LogP contribution in [0, 0.1) is 0 Å². The lowest BCUT2D eigenvalue weighted by atomic mass is 10.0. The number of nitrogens with zero attached hydrogens (tertiary/aromatic N) is 1. The number of benzene rings is 1. The first-order valence-electron chi connectivity index (χ1n) is 6.33. The molecule has 0 spiro atoms. The molecule has 2 rings (SSSR count). The average Bonchev–Trinajstić information content (AvgIpc) is 2.90. The van der Waals surface area contributed by atoms with Gasteiger partial charge in [0, 0.05) is 0 Å². The molecule has 18 heavy (non-hydrogen) atoms. The Morgan fingerprint density at radius 2 is 2.11 bits per heavy atom. The summed E-state index contributed by atoms with van der Waals surface area (Å²) in [6.07, 6.45) is 0.898. The van der Waals surface area contributed by atoms with E-state index in [9.17, 15) is 4.79 Å². The summed E-state index contributed by atoms with van der Waals surface area (Å²) in [6.45, 7) is 5.60. The van der Waals surface area contributed by atoms with Crippen LogP contribution in [0.4, 0.5) is 0 Å². The van der Waals surface area contributed by atoms with Crippen LogP contribution in [-0.2, 0) is 9.63 Å². The van der Waals surface area contributed by atoms with Crippen LogP contribution in [0.25, 0.3) is 0 Å². The van der Waals surface area contributed by atoms with Gasteiger partial charge in [0.15, 0.2) is 6.61 Å². The minimum atomic E-state index is -0.125. The Balaban J connectivity index is 1.84. The summed E-state index contributed by atoms with van der Waals surface area (Å²) in [7, 11) is 0. The van der Waals surface area contributed by atoms with E-state index in [0.29, 0.717) is 24.8 Å². The molecule has 1 heterocycles. The molecule has 1 aliphatic heterocycles. The lowest BCUT2D eigenvalue weighted by molar-refractivity contribution is -0.170. The van der Waals surface area contributed by atoms with Crippen molar-refractivity contribution in [2.45, 2.75) is 26.2 Å².